The summed E-state index contributed by atoms with van der Waals surface area (Å²) in [5, 5.41) is 2.71. The van der Waals surface area contributed by atoms with Gasteiger partial charge in [-0.15, -0.1) is 0 Å². The summed E-state index contributed by atoms with van der Waals surface area (Å²) in [6.45, 7) is 1.72. The van der Waals surface area contributed by atoms with E-state index in [4.69, 9.17) is 4.74 Å². The smallest absolute Gasteiger partial charge is 0.250 e. The van der Waals surface area contributed by atoms with Crippen LogP contribution in [-0.2, 0) is 19.6 Å². The molecule has 7 heteroatoms. The molecule has 134 valence electrons. The number of nitrogens with one attached hydrogen (secondary N) is 1. The number of anilines is 1. The third-order valence-electron chi connectivity index (χ3n) is 4.23. The van der Waals surface area contributed by atoms with Crippen molar-refractivity contribution in [1.82, 2.24) is 4.31 Å². The van der Waals surface area contributed by atoms with Crippen LogP contribution in [0.25, 0.3) is 0 Å². The van der Waals surface area contributed by atoms with Gasteiger partial charge in [-0.25, -0.2) is 12.7 Å². The molecule has 1 aliphatic rings. The van der Waals surface area contributed by atoms with Gasteiger partial charge in [-0.3, -0.25) is 4.79 Å². The molecule has 0 radical (unpaired) electrons. The lowest BCUT2D eigenvalue weighted by atomic mass is 9.98. The van der Waals surface area contributed by atoms with E-state index in [9.17, 15) is 13.2 Å². The minimum atomic E-state index is -3.54. The zero-order chi connectivity index (χ0) is 17.7. The largest absolute Gasteiger partial charge is 0.368 e. The molecule has 1 aromatic carbocycles. The Morgan fingerprint density at radius 3 is 2.54 bits per heavy atom. The summed E-state index contributed by atoms with van der Waals surface area (Å²) in [6, 6.07) is 4.87. The van der Waals surface area contributed by atoms with Gasteiger partial charge < -0.3 is 10.1 Å². The summed E-state index contributed by atoms with van der Waals surface area (Å²) in [4.78, 5) is 12.2. The Labute approximate surface area is 144 Å². The molecule has 1 aromatic rings. The van der Waals surface area contributed by atoms with Crippen molar-refractivity contribution < 1.29 is 17.9 Å². The van der Waals surface area contributed by atoms with Crippen LogP contribution in [-0.4, -0.2) is 45.4 Å². The quantitative estimate of drug-likeness (QED) is 0.852. The highest BCUT2D eigenvalue weighted by molar-refractivity contribution is 7.89. The Bertz CT molecular complexity index is 680. The molecule has 1 aliphatic carbocycles. The Morgan fingerprint density at radius 1 is 1.25 bits per heavy atom. The van der Waals surface area contributed by atoms with Gasteiger partial charge in [0.1, 0.15) is 6.61 Å². The fourth-order valence-electron chi connectivity index (χ4n) is 2.77. The average molecular weight is 354 g/mol. The van der Waals surface area contributed by atoms with Crippen molar-refractivity contribution in [2.75, 3.05) is 26.0 Å². The number of aryl methyl sites for hydroxylation is 1. The van der Waals surface area contributed by atoms with E-state index in [0.29, 0.717) is 11.3 Å². The molecule has 0 unspecified atom stereocenters. The molecule has 0 bridgehead atoms. The van der Waals surface area contributed by atoms with E-state index in [2.05, 4.69) is 5.32 Å². The van der Waals surface area contributed by atoms with Crippen LogP contribution in [0.4, 0.5) is 5.69 Å². The van der Waals surface area contributed by atoms with Gasteiger partial charge in [0.2, 0.25) is 15.9 Å². The van der Waals surface area contributed by atoms with Gasteiger partial charge in [-0.05, 0) is 37.5 Å². The van der Waals surface area contributed by atoms with Crippen molar-refractivity contribution in [3.05, 3.63) is 23.8 Å². The number of carbonyl (C=O) groups is 1. The highest BCUT2D eigenvalue weighted by atomic mass is 32.2. The molecule has 2 rings (SSSR count). The summed E-state index contributed by atoms with van der Waals surface area (Å²) in [6.07, 6.45) is 5.70. The lowest BCUT2D eigenvalue weighted by molar-refractivity contribution is -0.123. The molecular weight excluding hydrogens is 328 g/mol. The first kappa shape index (κ1) is 18.9. The SMILES string of the molecule is Cc1ccc(NC(=O)COC2CCCCC2)cc1S(=O)(=O)N(C)C. The van der Waals surface area contributed by atoms with Gasteiger partial charge >= 0.3 is 0 Å². The van der Waals surface area contributed by atoms with Gasteiger partial charge in [-0.2, -0.15) is 0 Å². The highest BCUT2D eigenvalue weighted by Gasteiger charge is 2.21. The van der Waals surface area contributed by atoms with E-state index in [1.165, 1.54) is 26.6 Å². The molecule has 24 heavy (non-hydrogen) atoms. The zero-order valence-electron chi connectivity index (χ0n) is 14.5. The molecule has 1 amide bonds. The predicted octanol–water partition coefficient (Wildman–Crippen LogP) is 2.53. The van der Waals surface area contributed by atoms with Crippen LogP contribution < -0.4 is 5.32 Å². The van der Waals surface area contributed by atoms with Crippen molar-refractivity contribution in [3.8, 4) is 0 Å². The van der Waals surface area contributed by atoms with Crippen LogP contribution in [0.3, 0.4) is 0 Å². The first-order valence-corrected chi connectivity index (χ1v) is 9.69. The number of nitrogens with zero attached hydrogens (tertiary/aromatic N) is 1. The van der Waals surface area contributed by atoms with Crippen LogP contribution in [0.2, 0.25) is 0 Å². The van der Waals surface area contributed by atoms with Gasteiger partial charge in [0.25, 0.3) is 0 Å². The Hall–Kier alpha value is -1.44. The average Bonchev–Trinajstić information content (AvgIpc) is 2.55. The van der Waals surface area contributed by atoms with E-state index in [1.807, 2.05) is 0 Å². The Kier molecular flexibility index (Phi) is 6.37. The molecule has 0 spiro atoms. The fraction of sp³-hybridized carbons (Fsp3) is 0.588. The second-order valence-electron chi connectivity index (χ2n) is 6.39. The van der Waals surface area contributed by atoms with E-state index in [0.717, 1.165) is 30.0 Å². The molecule has 0 atom stereocenters. The van der Waals surface area contributed by atoms with Crippen molar-refractivity contribution >= 4 is 21.6 Å². The van der Waals surface area contributed by atoms with Crippen LogP contribution in [0.5, 0.6) is 0 Å². The summed E-state index contributed by atoms with van der Waals surface area (Å²) in [7, 11) is -0.576. The number of hydrogen-bond donors (Lipinski definition) is 1. The molecular formula is C17H26N2O4S. The number of benzene rings is 1. The second-order valence-corrected chi connectivity index (χ2v) is 8.51. The minimum Gasteiger partial charge on any atom is -0.368 e. The normalized spacial score (nSPS) is 16.3. The fourth-order valence-corrected chi connectivity index (χ4v) is 3.92. The van der Waals surface area contributed by atoms with Crippen LogP contribution in [0.1, 0.15) is 37.7 Å². The molecule has 6 nitrogen and oxygen atoms in total. The van der Waals surface area contributed by atoms with E-state index in [-0.39, 0.29) is 23.5 Å². The second kappa shape index (κ2) is 8.09. The number of ether oxygens (including phenoxy) is 1. The van der Waals surface area contributed by atoms with Crippen molar-refractivity contribution in [3.63, 3.8) is 0 Å². The van der Waals surface area contributed by atoms with Crippen LogP contribution in [0, 0.1) is 6.92 Å². The van der Waals surface area contributed by atoms with Crippen molar-refractivity contribution in [2.24, 2.45) is 0 Å². The first-order chi connectivity index (χ1) is 11.3. The maximum Gasteiger partial charge on any atom is 0.250 e. The lowest BCUT2D eigenvalue weighted by Gasteiger charge is -2.21. The lowest BCUT2D eigenvalue weighted by Crippen LogP contribution is -2.25. The summed E-state index contributed by atoms with van der Waals surface area (Å²) in [5.74, 6) is -0.266. The molecule has 1 fully saturated rings. The maximum atomic E-state index is 12.3. The number of hydrogen-bond acceptors (Lipinski definition) is 4. The summed E-state index contributed by atoms with van der Waals surface area (Å²) in [5.41, 5.74) is 1.10. The van der Waals surface area contributed by atoms with Crippen molar-refractivity contribution in [2.45, 2.75) is 50.0 Å². The van der Waals surface area contributed by atoms with Gasteiger partial charge in [0.15, 0.2) is 0 Å². The number of rotatable bonds is 6. The highest BCUT2D eigenvalue weighted by Crippen LogP contribution is 2.23. The summed E-state index contributed by atoms with van der Waals surface area (Å²) >= 11 is 0. The van der Waals surface area contributed by atoms with Gasteiger partial charge in [0.05, 0.1) is 11.0 Å². The standard InChI is InChI=1S/C17H26N2O4S/c1-13-9-10-14(11-16(13)24(21,22)19(2)3)18-17(20)12-23-15-7-5-4-6-8-15/h9-11,15H,4-8,12H2,1-3H3,(H,18,20). The van der Waals surface area contributed by atoms with E-state index < -0.39 is 10.0 Å². The van der Waals surface area contributed by atoms with Gasteiger partial charge in [-0.1, -0.05) is 25.3 Å². The molecule has 0 aromatic heterocycles. The molecule has 0 heterocycles. The molecule has 1 N–H and O–H groups in total. The monoisotopic (exact) mass is 354 g/mol. The summed E-state index contributed by atoms with van der Waals surface area (Å²) < 4.78 is 31.4. The zero-order valence-corrected chi connectivity index (χ0v) is 15.4. The minimum absolute atomic E-state index is 0.00565. The van der Waals surface area contributed by atoms with E-state index >= 15 is 0 Å². The molecule has 0 saturated heterocycles. The van der Waals surface area contributed by atoms with Gasteiger partial charge in [0, 0.05) is 19.8 Å². The van der Waals surface area contributed by atoms with E-state index in [1.54, 1.807) is 19.1 Å². The van der Waals surface area contributed by atoms with Crippen molar-refractivity contribution in [1.29, 1.82) is 0 Å². The Morgan fingerprint density at radius 2 is 1.92 bits per heavy atom. The molecule has 0 aliphatic heterocycles. The third kappa shape index (κ3) is 4.78. The number of carbonyl (C=O) groups excluding carboxylic acids is 1. The van der Waals surface area contributed by atoms with Crippen LogP contribution in [0.15, 0.2) is 23.1 Å². The Balaban J connectivity index is 2.00. The molecule has 1 saturated carbocycles. The topological polar surface area (TPSA) is 75.7 Å². The number of amides is 1. The first-order valence-electron chi connectivity index (χ1n) is 8.25. The van der Waals surface area contributed by atoms with Crippen LogP contribution >= 0.6 is 0 Å². The number of sulfonamides is 1. The predicted molar refractivity (Wildman–Crippen MR) is 93.5 cm³/mol. The maximum absolute atomic E-state index is 12.3. The third-order valence-corrected chi connectivity index (χ3v) is 6.19.